The molecule has 104 valence electrons. The number of nitrogens with one attached hydrogen (secondary N) is 4. The van der Waals surface area contributed by atoms with E-state index >= 15 is 0 Å². The lowest BCUT2D eigenvalue weighted by Crippen LogP contribution is -2.25. The van der Waals surface area contributed by atoms with Crippen molar-refractivity contribution < 1.29 is 5.11 Å². The zero-order valence-electron chi connectivity index (χ0n) is 10.2. The first-order chi connectivity index (χ1) is 9.45. The highest BCUT2D eigenvalue weighted by Gasteiger charge is 2.05. The number of hydrogen-bond donors (Lipinski definition) is 5. The zero-order chi connectivity index (χ0) is 14.7. The first-order valence-corrected chi connectivity index (χ1v) is 5.38. The molecule has 10 heteroatoms. The van der Waals surface area contributed by atoms with Crippen LogP contribution in [0.5, 0.6) is 5.88 Å². The summed E-state index contributed by atoms with van der Waals surface area (Å²) in [6.45, 7) is 1.59. The van der Waals surface area contributed by atoms with Crippen molar-refractivity contribution in [3.05, 3.63) is 48.6 Å². The molecule has 10 nitrogen and oxygen atoms in total. The molecule has 20 heavy (non-hydrogen) atoms. The predicted octanol–water partition coefficient (Wildman–Crippen LogP) is -1.39. The number of nitrogens with zero attached hydrogens (tertiary/aromatic N) is 2. The van der Waals surface area contributed by atoms with E-state index in [-0.39, 0.29) is 16.9 Å². The van der Waals surface area contributed by atoms with Crippen LogP contribution in [0, 0.1) is 6.92 Å². The molecular weight excluding hydrogens is 268 g/mol. The Morgan fingerprint density at radius 2 is 2.05 bits per heavy atom. The molecule has 0 aromatic carbocycles. The standard InChI is InChI=1S/C10H10N6O4/c1-4-12-6(2-7(17)13-4)16-11-3-5-8(18)14-10(20)15-9(5)19/h2-3H,1H3,(H2,12,13,16,17)(H3,14,15,18,19,20)/b11-3-. The quantitative estimate of drug-likeness (QED) is 0.343. The fourth-order valence-electron chi connectivity index (χ4n) is 1.40. The van der Waals surface area contributed by atoms with E-state index in [1.54, 1.807) is 6.92 Å². The fraction of sp³-hybridized carbons (Fsp3) is 0.100. The lowest BCUT2D eigenvalue weighted by Gasteiger charge is -2.00. The van der Waals surface area contributed by atoms with E-state index in [0.717, 1.165) is 6.21 Å². The first kappa shape index (κ1) is 13.3. The maximum Gasteiger partial charge on any atom is 0.328 e. The van der Waals surface area contributed by atoms with Gasteiger partial charge in [0.1, 0.15) is 11.4 Å². The Labute approximate surface area is 110 Å². The second kappa shape index (κ2) is 5.22. The molecule has 0 unspecified atom stereocenters. The van der Waals surface area contributed by atoms with E-state index in [2.05, 4.69) is 20.5 Å². The van der Waals surface area contributed by atoms with Crippen molar-refractivity contribution in [2.45, 2.75) is 6.92 Å². The molecule has 0 aliphatic rings. The Bertz CT molecular complexity index is 831. The van der Waals surface area contributed by atoms with Crippen molar-refractivity contribution in [1.82, 2.24) is 19.9 Å². The molecule has 0 spiro atoms. The summed E-state index contributed by atoms with van der Waals surface area (Å²) in [5.41, 5.74) is 0.199. The number of hydrogen-bond acceptors (Lipinski definition) is 7. The van der Waals surface area contributed by atoms with Gasteiger partial charge in [-0.1, -0.05) is 0 Å². The number of aromatic nitrogens is 4. The summed E-state index contributed by atoms with van der Waals surface area (Å²) in [6, 6.07) is 1.17. The van der Waals surface area contributed by atoms with Gasteiger partial charge in [-0.25, -0.2) is 9.78 Å². The van der Waals surface area contributed by atoms with Crippen LogP contribution in [0.25, 0.3) is 0 Å². The molecule has 0 fully saturated rings. The fourth-order valence-corrected chi connectivity index (χ4v) is 1.40. The van der Waals surface area contributed by atoms with Crippen molar-refractivity contribution >= 4 is 12.0 Å². The molecule has 5 N–H and O–H groups in total. The van der Waals surface area contributed by atoms with E-state index in [0.29, 0.717) is 5.82 Å². The third kappa shape index (κ3) is 2.98. The number of hydrazone groups is 1. The van der Waals surface area contributed by atoms with Gasteiger partial charge in [0, 0.05) is 6.07 Å². The highest BCUT2D eigenvalue weighted by atomic mass is 16.3. The van der Waals surface area contributed by atoms with Crippen molar-refractivity contribution in [2.75, 3.05) is 5.43 Å². The SMILES string of the molecule is Cc1nc(N/N=C\c2c(O)[nH]c(=O)[nH]c2=O)cc(=O)[nH]1. The smallest absolute Gasteiger partial charge is 0.328 e. The minimum absolute atomic E-state index is 0.169. The van der Waals surface area contributed by atoms with Crippen LogP contribution in [0.15, 0.2) is 25.6 Å². The molecule has 0 radical (unpaired) electrons. The minimum Gasteiger partial charge on any atom is -0.494 e. The third-order valence-corrected chi connectivity index (χ3v) is 2.19. The topological polar surface area (TPSA) is 156 Å². The Morgan fingerprint density at radius 3 is 2.70 bits per heavy atom. The third-order valence-electron chi connectivity index (χ3n) is 2.19. The van der Waals surface area contributed by atoms with Crippen LogP contribution < -0.4 is 22.2 Å². The van der Waals surface area contributed by atoms with Gasteiger partial charge in [0.15, 0.2) is 5.82 Å². The summed E-state index contributed by atoms with van der Waals surface area (Å²) in [5.74, 6) is -0.0536. The maximum absolute atomic E-state index is 11.4. The zero-order valence-corrected chi connectivity index (χ0v) is 10.2. The second-order valence-corrected chi connectivity index (χ2v) is 3.76. The van der Waals surface area contributed by atoms with Crippen molar-refractivity contribution in [3.63, 3.8) is 0 Å². The van der Waals surface area contributed by atoms with Gasteiger partial charge < -0.3 is 10.1 Å². The summed E-state index contributed by atoms with van der Waals surface area (Å²) >= 11 is 0. The van der Waals surface area contributed by atoms with Crippen LogP contribution in [-0.2, 0) is 0 Å². The molecule has 0 aliphatic heterocycles. The van der Waals surface area contributed by atoms with Gasteiger partial charge in [-0.05, 0) is 6.92 Å². The predicted molar refractivity (Wildman–Crippen MR) is 70.2 cm³/mol. The highest BCUT2D eigenvalue weighted by Crippen LogP contribution is 2.02. The average molecular weight is 278 g/mol. The Kier molecular flexibility index (Phi) is 3.46. The van der Waals surface area contributed by atoms with E-state index in [1.807, 2.05) is 9.97 Å². The molecule has 2 aromatic heterocycles. The molecule has 0 atom stereocenters. The Hall–Kier alpha value is -3.17. The summed E-state index contributed by atoms with van der Waals surface area (Å²) in [4.78, 5) is 43.7. The van der Waals surface area contributed by atoms with Crippen LogP contribution in [0.3, 0.4) is 0 Å². The largest absolute Gasteiger partial charge is 0.494 e. The Morgan fingerprint density at radius 1 is 1.30 bits per heavy atom. The van der Waals surface area contributed by atoms with E-state index in [4.69, 9.17) is 0 Å². The molecule has 2 heterocycles. The van der Waals surface area contributed by atoms with Crippen LogP contribution >= 0.6 is 0 Å². The number of aromatic hydroxyl groups is 1. The summed E-state index contributed by atoms with van der Waals surface area (Å²) in [5, 5.41) is 13.0. The van der Waals surface area contributed by atoms with E-state index < -0.39 is 17.1 Å². The number of H-pyrrole nitrogens is 3. The number of aromatic amines is 3. The molecular formula is C10H10N6O4. The summed E-state index contributed by atoms with van der Waals surface area (Å²) in [7, 11) is 0. The molecule has 2 rings (SSSR count). The lowest BCUT2D eigenvalue weighted by atomic mass is 10.3. The van der Waals surface area contributed by atoms with Crippen LogP contribution in [0.4, 0.5) is 5.82 Å². The Balaban J connectivity index is 2.25. The molecule has 2 aromatic rings. The molecule has 0 saturated heterocycles. The second-order valence-electron chi connectivity index (χ2n) is 3.76. The first-order valence-electron chi connectivity index (χ1n) is 5.38. The molecule has 0 aliphatic carbocycles. The van der Waals surface area contributed by atoms with E-state index in [1.165, 1.54) is 6.07 Å². The molecule has 0 bridgehead atoms. The molecule has 0 saturated carbocycles. The lowest BCUT2D eigenvalue weighted by molar-refractivity contribution is 0.447. The normalized spacial score (nSPS) is 10.8. The van der Waals surface area contributed by atoms with Gasteiger partial charge in [-0.2, -0.15) is 5.10 Å². The van der Waals surface area contributed by atoms with Crippen LogP contribution in [0.2, 0.25) is 0 Å². The van der Waals surface area contributed by atoms with Gasteiger partial charge in [0.25, 0.3) is 11.1 Å². The van der Waals surface area contributed by atoms with Gasteiger partial charge in [-0.3, -0.25) is 25.0 Å². The number of anilines is 1. The van der Waals surface area contributed by atoms with Crippen molar-refractivity contribution in [3.8, 4) is 5.88 Å². The van der Waals surface area contributed by atoms with Gasteiger partial charge in [-0.15, -0.1) is 0 Å². The van der Waals surface area contributed by atoms with Gasteiger partial charge >= 0.3 is 5.69 Å². The number of rotatable bonds is 3. The molecule has 0 amide bonds. The highest BCUT2D eigenvalue weighted by molar-refractivity contribution is 5.82. The monoisotopic (exact) mass is 278 g/mol. The maximum atomic E-state index is 11.4. The minimum atomic E-state index is -0.829. The van der Waals surface area contributed by atoms with E-state index in [9.17, 15) is 19.5 Å². The van der Waals surface area contributed by atoms with Gasteiger partial charge in [0.2, 0.25) is 5.88 Å². The van der Waals surface area contributed by atoms with Crippen molar-refractivity contribution in [1.29, 1.82) is 0 Å². The van der Waals surface area contributed by atoms with Gasteiger partial charge in [0.05, 0.1) is 6.21 Å². The van der Waals surface area contributed by atoms with Crippen LogP contribution in [0.1, 0.15) is 11.4 Å². The van der Waals surface area contributed by atoms with Crippen LogP contribution in [-0.4, -0.2) is 31.3 Å². The summed E-state index contributed by atoms with van der Waals surface area (Å²) in [6.07, 6.45) is 0.988. The summed E-state index contributed by atoms with van der Waals surface area (Å²) < 4.78 is 0. The average Bonchev–Trinajstić information content (AvgIpc) is 2.31. The van der Waals surface area contributed by atoms with Crippen molar-refractivity contribution in [2.24, 2.45) is 5.10 Å². The number of aryl methyl sites for hydroxylation is 1.